The maximum absolute atomic E-state index is 6.35. The van der Waals surface area contributed by atoms with Crippen LogP contribution in [-0.2, 0) is 0 Å². The summed E-state index contributed by atoms with van der Waals surface area (Å²) < 4.78 is 0. The molecule has 0 bridgehead atoms. The number of benzene rings is 1. The van der Waals surface area contributed by atoms with Gasteiger partial charge in [-0.2, -0.15) is 0 Å². The van der Waals surface area contributed by atoms with Crippen LogP contribution in [0.25, 0.3) is 11.3 Å². The Morgan fingerprint density at radius 2 is 1.60 bits per heavy atom. The molecule has 1 aromatic carbocycles. The third-order valence-corrected chi connectivity index (χ3v) is 3.76. The van der Waals surface area contributed by atoms with Crippen LogP contribution in [0.3, 0.4) is 0 Å². The Hall–Kier alpha value is -1.25. The summed E-state index contributed by atoms with van der Waals surface area (Å²) in [7, 11) is 0. The molecule has 4 heteroatoms. The van der Waals surface area contributed by atoms with Crippen LogP contribution in [0.15, 0.2) is 18.2 Å². The smallest absolute Gasteiger partial charge is 0.145 e. The highest BCUT2D eigenvalue weighted by atomic mass is 35.5. The molecule has 1 aromatic heterocycles. The van der Waals surface area contributed by atoms with Crippen LogP contribution in [0, 0.1) is 20.8 Å². The van der Waals surface area contributed by atoms with Crippen molar-refractivity contribution in [3.63, 3.8) is 0 Å². The average molecular weight is 309 g/mol. The van der Waals surface area contributed by atoms with Crippen molar-refractivity contribution in [2.24, 2.45) is 0 Å². The van der Waals surface area contributed by atoms with E-state index in [4.69, 9.17) is 23.2 Å². The van der Waals surface area contributed by atoms with E-state index in [0.717, 1.165) is 17.8 Å². The zero-order valence-electron chi connectivity index (χ0n) is 12.1. The molecule has 0 atom stereocenters. The van der Waals surface area contributed by atoms with E-state index in [1.807, 2.05) is 6.92 Å². The molecule has 2 rings (SSSR count). The van der Waals surface area contributed by atoms with Gasteiger partial charge in [-0.3, -0.25) is 0 Å². The third-order valence-electron chi connectivity index (χ3n) is 3.19. The SMILES string of the molecule is CCNc1nc(-c2c(C)cc(C)cc2C)c(Cl)cc1Cl. The minimum atomic E-state index is 0.544. The first-order valence-electron chi connectivity index (χ1n) is 6.62. The molecule has 0 aliphatic rings. The highest BCUT2D eigenvalue weighted by Gasteiger charge is 2.15. The molecular formula is C16H18Cl2N2. The van der Waals surface area contributed by atoms with Gasteiger partial charge in [0.2, 0.25) is 0 Å². The second-order valence-corrected chi connectivity index (χ2v) is 5.77. The molecule has 0 fully saturated rings. The Morgan fingerprint density at radius 3 is 2.15 bits per heavy atom. The van der Waals surface area contributed by atoms with Gasteiger partial charge in [-0.15, -0.1) is 0 Å². The summed E-state index contributed by atoms with van der Waals surface area (Å²) in [6.07, 6.45) is 0. The van der Waals surface area contributed by atoms with Crippen LogP contribution >= 0.6 is 23.2 Å². The minimum absolute atomic E-state index is 0.544. The summed E-state index contributed by atoms with van der Waals surface area (Å²) in [5.74, 6) is 0.674. The highest BCUT2D eigenvalue weighted by molar-refractivity contribution is 6.37. The van der Waals surface area contributed by atoms with Crippen molar-refractivity contribution in [3.8, 4) is 11.3 Å². The van der Waals surface area contributed by atoms with Gasteiger partial charge < -0.3 is 5.32 Å². The number of aromatic nitrogens is 1. The largest absolute Gasteiger partial charge is 0.369 e. The van der Waals surface area contributed by atoms with E-state index >= 15 is 0 Å². The van der Waals surface area contributed by atoms with Crippen LogP contribution < -0.4 is 5.32 Å². The number of anilines is 1. The molecule has 0 saturated heterocycles. The second-order valence-electron chi connectivity index (χ2n) is 4.95. The predicted molar refractivity (Wildman–Crippen MR) is 88.1 cm³/mol. The zero-order valence-corrected chi connectivity index (χ0v) is 13.7. The number of pyridine rings is 1. The first-order chi connectivity index (χ1) is 9.43. The van der Waals surface area contributed by atoms with Crippen LogP contribution in [0.2, 0.25) is 10.0 Å². The van der Waals surface area contributed by atoms with Crippen LogP contribution in [0.5, 0.6) is 0 Å². The number of hydrogen-bond acceptors (Lipinski definition) is 2. The maximum Gasteiger partial charge on any atom is 0.145 e. The molecule has 0 saturated carbocycles. The lowest BCUT2D eigenvalue weighted by Crippen LogP contribution is -2.02. The van der Waals surface area contributed by atoms with Crippen LogP contribution in [0.4, 0.5) is 5.82 Å². The second kappa shape index (κ2) is 6.02. The van der Waals surface area contributed by atoms with E-state index in [9.17, 15) is 0 Å². The number of aryl methyl sites for hydroxylation is 3. The van der Waals surface area contributed by atoms with Crippen molar-refractivity contribution in [1.29, 1.82) is 0 Å². The first kappa shape index (κ1) is 15.1. The van der Waals surface area contributed by atoms with Gasteiger partial charge in [0.15, 0.2) is 0 Å². The molecular weight excluding hydrogens is 291 g/mol. The average Bonchev–Trinajstić information content (AvgIpc) is 2.33. The van der Waals surface area contributed by atoms with Crippen molar-refractivity contribution in [1.82, 2.24) is 4.98 Å². The summed E-state index contributed by atoms with van der Waals surface area (Å²) in [5, 5.41) is 4.28. The van der Waals surface area contributed by atoms with Crippen molar-refractivity contribution < 1.29 is 0 Å². The fraction of sp³-hybridized carbons (Fsp3) is 0.312. The van der Waals surface area contributed by atoms with Gasteiger partial charge in [-0.25, -0.2) is 4.98 Å². The minimum Gasteiger partial charge on any atom is -0.369 e. The Balaban J connectivity index is 2.66. The highest BCUT2D eigenvalue weighted by Crippen LogP contribution is 2.36. The van der Waals surface area contributed by atoms with E-state index in [1.165, 1.54) is 16.7 Å². The lowest BCUT2D eigenvalue weighted by atomic mass is 9.97. The summed E-state index contributed by atoms with van der Waals surface area (Å²) in [4.78, 5) is 4.61. The molecule has 1 N–H and O–H groups in total. The topological polar surface area (TPSA) is 24.9 Å². The number of nitrogens with one attached hydrogen (secondary N) is 1. The van der Waals surface area contributed by atoms with Gasteiger partial charge in [0, 0.05) is 12.1 Å². The molecule has 0 spiro atoms. The van der Waals surface area contributed by atoms with Crippen LogP contribution in [-0.4, -0.2) is 11.5 Å². The molecule has 106 valence electrons. The van der Waals surface area contributed by atoms with E-state index in [-0.39, 0.29) is 0 Å². The number of nitrogens with zero attached hydrogens (tertiary/aromatic N) is 1. The molecule has 2 nitrogen and oxygen atoms in total. The first-order valence-corrected chi connectivity index (χ1v) is 7.37. The van der Waals surface area contributed by atoms with Gasteiger partial charge in [-0.1, -0.05) is 40.9 Å². The standard InChI is InChI=1S/C16H18Cl2N2/c1-5-19-16-13(18)8-12(17)15(20-16)14-10(3)6-9(2)7-11(14)4/h6-8H,5H2,1-4H3,(H,19,20). The fourth-order valence-corrected chi connectivity index (χ4v) is 3.01. The van der Waals surface area contributed by atoms with Crippen molar-refractivity contribution >= 4 is 29.0 Å². The van der Waals surface area contributed by atoms with Gasteiger partial charge in [0.1, 0.15) is 5.82 Å². The number of halogens is 2. The van der Waals surface area contributed by atoms with Gasteiger partial charge in [-0.05, 0) is 44.9 Å². The van der Waals surface area contributed by atoms with Crippen molar-refractivity contribution in [2.45, 2.75) is 27.7 Å². The quantitative estimate of drug-likeness (QED) is 0.819. The monoisotopic (exact) mass is 308 g/mol. The lowest BCUT2D eigenvalue weighted by Gasteiger charge is -2.14. The van der Waals surface area contributed by atoms with Gasteiger partial charge in [0.05, 0.1) is 15.7 Å². The van der Waals surface area contributed by atoms with Crippen LogP contribution in [0.1, 0.15) is 23.6 Å². The molecule has 0 unspecified atom stereocenters. The van der Waals surface area contributed by atoms with E-state index in [1.54, 1.807) is 6.07 Å². The molecule has 0 aliphatic carbocycles. The summed E-state index contributed by atoms with van der Waals surface area (Å²) in [6.45, 7) is 9.02. The van der Waals surface area contributed by atoms with E-state index in [0.29, 0.717) is 15.9 Å². The predicted octanol–water partition coefficient (Wildman–Crippen LogP) is 5.41. The Kier molecular flexibility index (Phi) is 4.56. The number of rotatable bonds is 3. The fourth-order valence-electron chi connectivity index (χ4n) is 2.49. The third kappa shape index (κ3) is 2.92. The Morgan fingerprint density at radius 1 is 1.00 bits per heavy atom. The van der Waals surface area contributed by atoms with Gasteiger partial charge in [0.25, 0.3) is 0 Å². The van der Waals surface area contributed by atoms with E-state index in [2.05, 4.69) is 43.2 Å². The molecule has 0 aliphatic heterocycles. The Bertz CT molecular complexity index is 628. The summed E-state index contributed by atoms with van der Waals surface area (Å²) in [6, 6.07) is 6.03. The molecule has 0 amide bonds. The Labute approximate surface area is 130 Å². The molecule has 0 radical (unpaired) electrons. The summed E-state index contributed by atoms with van der Waals surface area (Å²) in [5.41, 5.74) is 5.43. The number of hydrogen-bond donors (Lipinski definition) is 1. The van der Waals surface area contributed by atoms with E-state index < -0.39 is 0 Å². The lowest BCUT2D eigenvalue weighted by molar-refractivity contribution is 1.16. The van der Waals surface area contributed by atoms with Gasteiger partial charge >= 0.3 is 0 Å². The summed E-state index contributed by atoms with van der Waals surface area (Å²) >= 11 is 12.5. The molecule has 1 heterocycles. The van der Waals surface area contributed by atoms with Crippen molar-refractivity contribution in [2.75, 3.05) is 11.9 Å². The van der Waals surface area contributed by atoms with Crippen molar-refractivity contribution in [3.05, 3.63) is 44.9 Å². The molecule has 20 heavy (non-hydrogen) atoms. The maximum atomic E-state index is 6.35. The zero-order chi connectivity index (χ0) is 14.9. The molecule has 2 aromatic rings. The normalized spacial score (nSPS) is 10.7.